The van der Waals surface area contributed by atoms with Crippen molar-refractivity contribution in [1.82, 2.24) is 5.32 Å². The molecule has 2 rings (SSSR count). The molecule has 78 valence electrons. The van der Waals surface area contributed by atoms with Crippen LogP contribution >= 0.6 is 0 Å². The molecular formula is C10H15NO3. The lowest BCUT2D eigenvalue weighted by Crippen LogP contribution is -2.60. The van der Waals surface area contributed by atoms with Gasteiger partial charge in [0.1, 0.15) is 5.54 Å². The number of hydrogen-bond donors (Lipinski definition) is 2. The van der Waals surface area contributed by atoms with Gasteiger partial charge in [0.05, 0.1) is 0 Å². The summed E-state index contributed by atoms with van der Waals surface area (Å²) in [6, 6.07) is 0. The number of carbonyl (C=O) groups excluding carboxylic acids is 1. The highest BCUT2D eigenvalue weighted by molar-refractivity contribution is 5.92. The number of fused-ring (bicyclic) bond motifs is 2. The summed E-state index contributed by atoms with van der Waals surface area (Å²) in [6.45, 7) is 3.79. The van der Waals surface area contributed by atoms with E-state index in [4.69, 9.17) is 5.11 Å². The van der Waals surface area contributed by atoms with Gasteiger partial charge in [0.15, 0.2) is 0 Å². The summed E-state index contributed by atoms with van der Waals surface area (Å²) >= 11 is 0. The van der Waals surface area contributed by atoms with E-state index in [2.05, 4.69) is 5.32 Å². The lowest BCUT2D eigenvalue weighted by atomic mass is 9.73. The minimum absolute atomic E-state index is 0.117. The summed E-state index contributed by atoms with van der Waals surface area (Å²) in [7, 11) is 0. The Labute approximate surface area is 82.7 Å². The van der Waals surface area contributed by atoms with Gasteiger partial charge >= 0.3 is 5.97 Å². The summed E-state index contributed by atoms with van der Waals surface area (Å²) in [6.07, 6.45) is 1.99. The molecule has 0 aromatic heterocycles. The second kappa shape index (κ2) is 2.49. The van der Waals surface area contributed by atoms with Crippen molar-refractivity contribution < 1.29 is 14.7 Å². The van der Waals surface area contributed by atoms with Crippen LogP contribution in [0.25, 0.3) is 0 Å². The van der Waals surface area contributed by atoms with Crippen LogP contribution in [0.5, 0.6) is 0 Å². The van der Waals surface area contributed by atoms with E-state index in [1.165, 1.54) is 0 Å². The van der Waals surface area contributed by atoms with Gasteiger partial charge in [0.2, 0.25) is 5.91 Å². The van der Waals surface area contributed by atoms with Gasteiger partial charge in [0, 0.05) is 5.41 Å². The molecule has 2 bridgehead atoms. The maximum Gasteiger partial charge on any atom is 0.329 e. The topological polar surface area (TPSA) is 66.4 Å². The van der Waals surface area contributed by atoms with E-state index in [0.717, 1.165) is 6.42 Å². The van der Waals surface area contributed by atoms with E-state index in [9.17, 15) is 9.59 Å². The average molecular weight is 197 g/mol. The molecular weight excluding hydrogens is 182 g/mol. The normalized spacial score (nSPS) is 39.3. The molecule has 0 aromatic carbocycles. The molecule has 2 aliphatic rings. The lowest BCUT2D eigenvalue weighted by Gasteiger charge is -2.39. The molecule has 1 aliphatic carbocycles. The first-order valence-electron chi connectivity index (χ1n) is 4.94. The highest BCUT2D eigenvalue weighted by Gasteiger charge is 2.57. The van der Waals surface area contributed by atoms with E-state index in [0.29, 0.717) is 12.8 Å². The van der Waals surface area contributed by atoms with Crippen molar-refractivity contribution in [3.05, 3.63) is 0 Å². The second-order valence-corrected chi connectivity index (χ2v) is 5.00. The Bertz CT molecular complexity index is 310. The fourth-order valence-corrected chi connectivity index (χ4v) is 2.59. The van der Waals surface area contributed by atoms with Gasteiger partial charge in [-0.3, -0.25) is 4.79 Å². The molecule has 4 nitrogen and oxygen atoms in total. The van der Waals surface area contributed by atoms with Gasteiger partial charge in [-0.2, -0.15) is 0 Å². The third-order valence-corrected chi connectivity index (χ3v) is 3.88. The van der Waals surface area contributed by atoms with E-state index >= 15 is 0 Å². The zero-order chi connectivity index (χ0) is 10.6. The summed E-state index contributed by atoms with van der Waals surface area (Å²) in [5, 5.41) is 11.8. The molecule has 2 fully saturated rings. The van der Waals surface area contributed by atoms with Gasteiger partial charge in [-0.25, -0.2) is 4.79 Å². The Morgan fingerprint density at radius 1 is 1.57 bits per heavy atom. The zero-order valence-electron chi connectivity index (χ0n) is 8.46. The molecule has 1 saturated heterocycles. The van der Waals surface area contributed by atoms with Gasteiger partial charge in [-0.15, -0.1) is 0 Å². The summed E-state index contributed by atoms with van der Waals surface area (Å²) in [5.74, 6) is -0.787. The van der Waals surface area contributed by atoms with E-state index < -0.39 is 16.9 Å². The first-order chi connectivity index (χ1) is 6.38. The van der Waals surface area contributed by atoms with Gasteiger partial charge < -0.3 is 10.4 Å². The number of nitrogens with one attached hydrogen (secondary N) is 1. The molecule has 14 heavy (non-hydrogen) atoms. The van der Waals surface area contributed by atoms with E-state index in [1.54, 1.807) is 0 Å². The second-order valence-electron chi connectivity index (χ2n) is 5.00. The molecule has 0 spiro atoms. The molecule has 0 radical (unpaired) electrons. The van der Waals surface area contributed by atoms with Crippen LogP contribution in [0, 0.1) is 11.3 Å². The van der Waals surface area contributed by atoms with Crippen LogP contribution in [0.3, 0.4) is 0 Å². The number of carbonyl (C=O) groups is 2. The van der Waals surface area contributed by atoms with Crippen LogP contribution in [-0.4, -0.2) is 22.5 Å². The number of rotatable bonds is 1. The maximum absolute atomic E-state index is 11.7. The fourth-order valence-electron chi connectivity index (χ4n) is 2.59. The predicted molar refractivity (Wildman–Crippen MR) is 49.6 cm³/mol. The smallest absolute Gasteiger partial charge is 0.329 e. The van der Waals surface area contributed by atoms with Crippen LogP contribution < -0.4 is 5.32 Å². The zero-order valence-corrected chi connectivity index (χ0v) is 8.46. The van der Waals surface area contributed by atoms with Crippen molar-refractivity contribution in [3.63, 3.8) is 0 Å². The largest absolute Gasteiger partial charge is 0.480 e. The third-order valence-electron chi connectivity index (χ3n) is 3.88. The SMILES string of the molecule is CC1(C)C(=O)N[C@]2(C(=O)O)CC[C@@H]1C2. The quantitative estimate of drug-likeness (QED) is 0.652. The lowest BCUT2D eigenvalue weighted by molar-refractivity contribution is -0.152. The highest BCUT2D eigenvalue weighted by atomic mass is 16.4. The number of amides is 1. The number of carboxylic acid groups (broad SMARTS) is 1. The molecule has 4 heteroatoms. The number of carboxylic acids is 1. The average Bonchev–Trinajstić information content (AvgIpc) is 2.46. The standard InChI is InChI=1S/C10H15NO3/c1-9(2)6-3-4-10(5-6,8(13)14)11-7(9)12/h6H,3-5H2,1-2H3,(H,11,12)(H,13,14)/t6-,10-/m1/s1. The Kier molecular flexibility index (Phi) is 1.69. The van der Waals surface area contributed by atoms with Gasteiger partial charge in [-0.05, 0) is 25.2 Å². The van der Waals surface area contributed by atoms with Crippen molar-refractivity contribution in [3.8, 4) is 0 Å². The third kappa shape index (κ3) is 0.996. The Morgan fingerprint density at radius 2 is 2.21 bits per heavy atom. The molecule has 2 N–H and O–H groups in total. The van der Waals surface area contributed by atoms with E-state index in [-0.39, 0.29) is 11.8 Å². The van der Waals surface area contributed by atoms with Crippen molar-refractivity contribution in [2.75, 3.05) is 0 Å². The highest BCUT2D eigenvalue weighted by Crippen LogP contribution is 2.48. The predicted octanol–water partition coefficient (Wildman–Crippen LogP) is 0.766. The number of aliphatic carboxylic acids is 1. The Balaban J connectivity index is 2.34. The van der Waals surface area contributed by atoms with Crippen LogP contribution in [0.4, 0.5) is 0 Å². The van der Waals surface area contributed by atoms with Crippen LogP contribution in [0.1, 0.15) is 33.1 Å². The molecule has 1 saturated carbocycles. The van der Waals surface area contributed by atoms with Crippen LogP contribution in [0.15, 0.2) is 0 Å². The van der Waals surface area contributed by atoms with Crippen molar-refractivity contribution in [2.24, 2.45) is 11.3 Å². The minimum atomic E-state index is -0.961. The first kappa shape index (κ1) is 9.49. The monoisotopic (exact) mass is 197 g/mol. The maximum atomic E-state index is 11.7. The number of hydrogen-bond acceptors (Lipinski definition) is 2. The van der Waals surface area contributed by atoms with Crippen molar-refractivity contribution >= 4 is 11.9 Å². The first-order valence-corrected chi connectivity index (χ1v) is 4.94. The van der Waals surface area contributed by atoms with Crippen molar-refractivity contribution in [2.45, 2.75) is 38.6 Å². The van der Waals surface area contributed by atoms with Crippen LogP contribution in [-0.2, 0) is 9.59 Å². The molecule has 1 aliphatic heterocycles. The molecule has 2 atom stereocenters. The Hall–Kier alpha value is -1.06. The number of piperidine rings is 1. The van der Waals surface area contributed by atoms with E-state index in [1.807, 2.05) is 13.8 Å². The molecule has 0 aromatic rings. The summed E-state index contributed by atoms with van der Waals surface area (Å²) in [4.78, 5) is 22.8. The van der Waals surface area contributed by atoms with Gasteiger partial charge in [-0.1, -0.05) is 13.8 Å². The van der Waals surface area contributed by atoms with Gasteiger partial charge in [0.25, 0.3) is 0 Å². The summed E-state index contributed by atoms with van der Waals surface area (Å²) in [5.41, 5.74) is -1.37. The molecule has 1 amide bonds. The molecule has 0 unspecified atom stereocenters. The summed E-state index contributed by atoms with van der Waals surface area (Å²) < 4.78 is 0. The Morgan fingerprint density at radius 3 is 2.79 bits per heavy atom. The fraction of sp³-hybridized carbons (Fsp3) is 0.800. The van der Waals surface area contributed by atoms with Crippen LogP contribution in [0.2, 0.25) is 0 Å². The minimum Gasteiger partial charge on any atom is -0.480 e. The molecule has 1 heterocycles. The van der Waals surface area contributed by atoms with Crippen molar-refractivity contribution in [1.29, 1.82) is 0 Å².